The molecule has 3 rings (SSSR count). The average molecular weight is 470 g/mol. The molecule has 0 spiro atoms. The lowest BCUT2D eigenvalue weighted by molar-refractivity contribution is -0.137. The number of alkyl halides is 3. The van der Waals surface area contributed by atoms with Gasteiger partial charge in [0.05, 0.1) is 5.56 Å². The molecule has 3 nitrogen and oxygen atoms in total. The number of nitrogens with one attached hydrogen (secondary N) is 1. The van der Waals surface area contributed by atoms with E-state index in [0.717, 1.165) is 33.3 Å². The van der Waals surface area contributed by atoms with E-state index in [1.807, 2.05) is 18.2 Å². The van der Waals surface area contributed by atoms with Crippen LogP contribution < -0.4 is 5.32 Å². The van der Waals surface area contributed by atoms with Crippen LogP contribution in [0.3, 0.4) is 0 Å². The van der Waals surface area contributed by atoms with E-state index in [0.29, 0.717) is 12.8 Å². The summed E-state index contributed by atoms with van der Waals surface area (Å²) in [4.78, 5) is 12.3. The van der Waals surface area contributed by atoms with E-state index in [1.165, 1.54) is 12.1 Å². The predicted molar refractivity (Wildman–Crippen MR) is 109 cm³/mol. The second-order valence-electron chi connectivity index (χ2n) is 8.26. The van der Waals surface area contributed by atoms with E-state index >= 15 is 0 Å². The maximum Gasteiger partial charge on any atom is 0.416 e. The summed E-state index contributed by atoms with van der Waals surface area (Å²) in [5, 5.41) is 2.92. The normalized spacial score (nSPS) is 19.4. The van der Waals surface area contributed by atoms with Gasteiger partial charge in [0.25, 0.3) is 0 Å². The molecule has 0 aliphatic heterocycles. The van der Waals surface area contributed by atoms with Crippen molar-refractivity contribution in [2.24, 2.45) is 0 Å². The van der Waals surface area contributed by atoms with Crippen molar-refractivity contribution >= 4 is 22.0 Å². The number of ether oxygens (including phenoxy) is 1. The Balaban J connectivity index is 1.90. The molecule has 2 atom stereocenters. The van der Waals surface area contributed by atoms with E-state index in [4.69, 9.17) is 4.74 Å². The highest BCUT2D eigenvalue weighted by Crippen LogP contribution is 2.40. The van der Waals surface area contributed by atoms with E-state index in [-0.39, 0.29) is 12.0 Å². The predicted octanol–water partition coefficient (Wildman–Crippen LogP) is 6.44. The molecule has 29 heavy (non-hydrogen) atoms. The highest BCUT2D eigenvalue weighted by atomic mass is 79.9. The van der Waals surface area contributed by atoms with Gasteiger partial charge in [-0.05, 0) is 68.5 Å². The molecule has 2 unspecified atom stereocenters. The van der Waals surface area contributed by atoms with Crippen LogP contribution in [0.15, 0.2) is 46.9 Å². The SMILES string of the molecule is CC(C)(C)OC(=O)NC1Cc2c(Br)cccc2C(c2ccc(C(F)(F)F)cc2)C1. The number of hydrogen-bond donors (Lipinski definition) is 1. The van der Waals surface area contributed by atoms with E-state index in [1.54, 1.807) is 20.8 Å². The highest BCUT2D eigenvalue weighted by molar-refractivity contribution is 9.10. The maximum absolute atomic E-state index is 12.9. The summed E-state index contributed by atoms with van der Waals surface area (Å²) in [5.41, 5.74) is 1.61. The molecule has 1 aliphatic rings. The minimum Gasteiger partial charge on any atom is -0.444 e. The Bertz CT molecular complexity index is 888. The second-order valence-corrected chi connectivity index (χ2v) is 9.12. The standard InChI is InChI=1S/C22H23BrF3NO2/c1-21(2,3)29-20(28)27-15-11-17(16-5-4-6-19(23)18(16)12-15)13-7-9-14(10-8-13)22(24,25)26/h4-10,15,17H,11-12H2,1-3H3,(H,27,28). The van der Waals surface area contributed by atoms with Gasteiger partial charge in [0.2, 0.25) is 0 Å². The van der Waals surface area contributed by atoms with Gasteiger partial charge in [-0.15, -0.1) is 0 Å². The number of fused-ring (bicyclic) bond motifs is 1. The van der Waals surface area contributed by atoms with Gasteiger partial charge in [0.1, 0.15) is 5.60 Å². The molecule has 1 aliphatic carbocycles. The van der Waals surface area contributed by atoms with Crippen molar-refractivity contribution in [2.75, 3.05) is 0 Å². The van der Waals surface area contributed by atoms with Gasteiger partial charge in [-0.3, -0.25) is 0 Å². The van der Waals surface area contributed by atoms with Crippen LogP contribution in [-0.2, 0) is 17.3 Å². The molecular formula is C22H23BrF3NO2. The quantitative estimate of drug-likeness (QED) is 0.549. The fraction of sp³-hybridized carbons (Fsp3) is 0.409. The molecular weight excluding hydrogens is 447 g/mol. The van der Waals surface area contributed by atoms with Crippen molar-refractivity contribution in [3.05, 3.63) is 69.2 Å². The summed E-state index contributed by atoms with van der Waals surface area (Å²) in [6.45, 7) is 5.39. The Hall–Kier alpha value is -2.02. The summed E-state index contributed by atoms with van der Waals surface area (Å²) in [5.74, 6) is -0.126. The van der Waals surface area contributed by atoms with Crippen molar-refractivity contribution in [3.63, 3.8) is 0 Å². The van der Waals surface area contributed by atoms with Crippen molar-refractivity contribution in [3.8, 4) is 0 Å². The Morgan fingerprint density at radius 2 is 1.76 bits per heavy atom. The van der Waals surface area contributed by atoms with Crippen LogP contribution in [0.2, 0.25) is 0 Å². The molecule has 0 aromatic heterocycles. The van der Waals surface area contributed by atoms with Gasteiger partial charge in [0, 0.05) is 16.4 Å². The molecule has 2 aromatic rings. The lowest BCUT2D eigenvalue weighted by atomic mass is 9.76. The monoisotopic (exact) mass is 469 g/mol. The fourth-order valence-corrected chi connectivity index (χ4v) is 4.21. The van der Waals surface area contributed by atoms with Crippen LogP contribution >= 0.6 is 15.9 Å². The number of carbonyl (C=O) groups is 1. The minimum atomic E-state index is -4.37. The van der Waals surface area contributed by atoms with E-state index in [9.17, 15) is 18.0 Å². The molecule has 0 fully saturated rings. The minimum absolute atomic E-state index is 0.126. The van der Waals surface area contributed by atoms with Crippen LogP contribution in [0.25, 0.3) is 0 Å². The Labute approximate surface area is 176 Å². The van der Waals surface area contributed by atoms with Crippen molar-refractivity contribution in [2.45, 2.75) is 57.3 Å². The van der Waals surface area contributed by atoms with Gasteiger partial charge >= 0.3 is 12.3 Å². The smallest absolute Gasteiger partial charge is 0.416 e. The number of amides is 1. The first-order valence-corrected chi connectivity index (χ1v) is 10.2. The Morgan fingerprint density at radius 1 is 1.10 bits per heavy atom. The van der Waals surface area contributed by atoms with E-state index < -0.39 is 23.4 Å². The molecule has 1 amide bonds. The summed E-state index contributed by atoms with van der Waals surface area (Å²) >= 11 is 3.57. The van der Waals surface area contributed by atoms with Gasteiger partial charge in [-0.25, -0.2) is 4.79 Å². The number of rotatable bonds is 2. The number of benzene rings is 2. The molecule has 0 saturated heterocycles. The Kier molecular flexibility index (Phi) is 5.99. The van der Waals surface area contributed by atoms with Crippen LogP contribution in [0.4, 0.5) is 18.0 Å². The maximum atomic E-state index is 12.9. The molecule has 0 radical (unpaired) electrons. The van der Waals surface area contributed by atoms with Gasteiger partial charge in [0.15, 0.2) is 0 Å². The third kappa shape index (κ3) is 5.32. The summed E-state index contributed by atoms with van der Waals surface area (Å²) in [6.07, 6.45) is -3.67. The molecule has 156 valence electrons. The molecule has 0 heterocycles. The molecule has 7 heteroatoms. The van der Waals surface area contributed by atoms with Gasteiger partial charge in [-0.2, -0.15) is 13.2 Å². The Morgan fingerprint density at radius 3 is 2.34 bits per heavy atom. The topological polar surface area (TPSA) is 38.3 Å². The average Bonchev–Trinajstić information content (AvgIpc) is 2.59. The van der Waals surface area contributed by atoms with Crippen LogP contribution in [-0.4, -0.2) is 17.7 Å². The summed E-state index contributed by atoms with van der Waals surface area (Å²) in [7, 11) is 0. The zero-order valence-corrected chi connectivity index (χ0v) is 18.0. The number of halogens is 4. The van der Waals surface area contributed by atoms with Gasteiger partial charge in [-0.1, -0.05) is 40.2 Å². The number of alkyl carbamates (subject to hydrolysis) is 1. The van der Waals surface area contributed by atoms with Crippen molar-refractivity contribution in [1.29, 1.82) is 0 Å². The molecule has 0 saturated carbocycles. The molecule has 2 aromatic carbocycles. The fourth-order valence-electron chi connectivity index (χ4n) is 3.66. The number of hydrogen-bond acceptors (Lipinski definition) is 2. The third-order valence-corrected chi connectivity index (χ3v) is 5.61. The van der Waals surface area contributed by atoms with Crippen molar-refractivity contribution in [1.82, 2.24) is 5.32 Å². The van der Waals surface area contributed by atoms with Crippen molar-refractivity contribution < 1.29 is 22.7 Å². The zero-order valence-electron chi connectivity index (χ0n) is 16.4. The molecule has 1 N–H and O–H groups in total. The summed E-state index contributed by atoms with van der Waals surface area (Å²) in [6, 6.07) is 10.9. The summed E-state index contributed by atoms with van der Waals surface area (Å²) < 4.78 is 45.1. The first-order chi connectivity index (χ1) is 13.4. The van der Waals surface area contributed by atoms with Crippen LogP contribution in [0.5, 0.6) is 0 Å². The first-order valence-electron chi connectivity index (χ1n) is 9.38. The number of carbonyl (C=O) groups excluding carboxylic acids is 1. The van der Waals surface area contributed by atoms with E-state index in [2.05, 4.69) is 21.2 Å². The zero-order chi connectivity index (χ0) is 21.4. The first kappa shape index (κ1) is 21.7. The lowest BCUT2D eigenvalue weighted by Gasteiger charge is -2.33. The lowest BCUT2D eigenvalue weighted by Crippen LogP contribution is -2.43. The molecule has 0 bridgehead atoms. The van der Waals surface area contributed by atoms with Gasteiger partial charge < -0.3 is 10.1 Å². The largest absolute Gasteiger partial charge is 0.444 e. The van der Waals surface area contributed by atoms with Crippen LogP contribution in [0, 0.1) is 0 Å². The third-order valence-electron chi connectivity index (χ3n) is 4.86. The van der Waals surface area contributed by atoms with Crippen LogP contribution in [0.1, 0.15) is 55.4 Å². The highest BCUT2D eigenvalue weighted by Gasteiger charge is 2.33. The second kappa shape index (κ2) is 8.01.